The Bertz CT molecular complexity index is 394. The van der Waals surface area contributed by atoms with Gasteiger partial charge in [0.25, 0.3) is 0 Å². The minimum absolute atomic E-state index is 0.303. The van der Waals surface area contributed by atoms with Crippen LogP contribution < -0.4 is 4.90 Å². The van der Waals surface area contributed by atoms with E-state index in [1.165, 1.54) is 19.3 Å². The first-order valence-electron chi connectivity index (χ1n) is 6.44. The lowest BCUT2D eigenvalue weighted by Gasteiger charge is -2.26. The highest BCUT2D eigenvalue weighted by Gasteiger charge is 2.15. The summed E-state index contributed by atoms with van der Waals surface area (Å²) >= 11 is 7.63. The molecule has 1 aromatic rings. The van der Waals surface area contributed by atoms with Gasteiger partial charge in [-0.2, -0.15) is 15.0 Å². The van der Waals surface area contributed by atoms with Crippen LogP contribution in [0.3, 0.4) is 0 Å². The highest BCUT2D eigenvalue weighted by molar-refractivity contribution is 7.99. The van der Waals surface area contributed by atoms with Crippen LogP contribution in [0.15, 0.2) is 5.16 Å². The van der Waals surface area contributed by atoms with Gasteiger partial charge in [-0.25, -0.2) is 0 Å². The highest BCUT2D eigenvalue weighted by atomic mass is 35.5. The SMILES string of the molecule is CC(C)CSc1nc(Cl)nc(N2CCCCC2)n1. The summed E-state index contributed by atoms with van der Waals surface area (Å²) in [5.41, 5.74) is 0. The summed E-state index contributed by atoms with van der Waals surface area (Å²) in [6.45, 7) is 6.41. The Hall–Kier alpha value is -0.550. The maximum absolute atomic E-state index is 5.98. The summed E-state index contributed by atoms with van der Waals surface area (Å²) in [5, 5.41) is 1.04. The second-order valence-corrected chi connectivity index (χ2v) is 6.26. The predicted octanol–water partition coefficient (Wildman–Crippen LogP) is 3.26. The molecule has 100 valence electrons. The molecule has 1 fully saturated rings. The van der Waals surface area contributed by atoms with E-state index < -0.39 is 0 Å². The van der Waals surface area contributed by atoms with E-state index in [9.17, 15) is 0 Å². The zero-order chi connectivity index (χ0) is 13.0. The molecular formula is C12H19ClN4S. The molecule has 0 saturated carbocycles. The van der Waals surface area contributed by atoms with Gasteiger partial charge in [0.2, 0.25) is 11.2 Å². The molecule has 0 amide bonds. The lowest BCUT2D eigenvalue weighted by atomic mass is 10.1. The Morgan fingerprint density at radius 1 is 1.17 bits per heavy atom. The Balaban J connectivity index is 2.09. The van der Waals surface area contributed by atoms with Gasteiger partial charge in [0, 0.05) is 18.8 Å². The normalized spacial score (nSPS) is 16.3. The fourth-order valence-corrected chi connectivity index (χ4v) is 2.85. The van der Waals surface area contributed by atoms with Crippen molar-refractivity contribution in [2.24, 2.45) is 5.92 Å². The van der Waals surface area contributed by atoms with E-state index in [1.54, 1.807) is 11.8 Å². The van der Waals surface area contributed by atoms with Crippen LogP contribution in [-0.4, -0.2) is 33.8 Å². The van der Waals surface area contributed by atoms with Gasteiger partial charge in [0.15, 0.2) is 5.16 Å². The number of aromatic nitrogens is 3. The summed E-state index contributed by atoms with van der Waals surface area (Å²) in [5.74, 6) is 2.35. The van der Waals surface area contributed by atoms with Crippen molar-refractivity contribution in [3.63, 3.8) is 0 Å². The summed E-state index contributed by atoms with van der Waals surface area (Å²) in [6, 6.07) is 0. The molecule has 0 atom stereocenters. The van der Waals surface area contributed by atoms with Gasteiger partial charge in [-0.3, -0.25) is 0 Å². The number of hydrogen-bond acceptors (Lipinski definition) is 5. The third-order valence-electron chi connectivity index (χ3n) is 2.76. The van der Waals surface area contributed by atoms with Crippen LogP contribution in [0.5, 0.6) is 0 Å². The van der Waals surface area contributed by atoms with Crippen molar-refractivity contribution in [2.75, 3.05) is 23.7 Å². The maximum atomic E-state index is 5.98. The molecule has 4 nitrogen and oxygen atoms in total. The molecule has 1 aliphatic rings. The molecule has 2 heterocycles. The van der Waals surface area contributed by atoms with Gasteiger partial charge < -0.3 is 4.90 Å². The van der Waals surface area contributed by atoms with E-state index in [0.29, 0.717) is 11.2 Å². The quantitative estimate of drug-likeness (QED) is 0.795. The summed E-state index contributed by atoms with van der Waals surface area (Å²) < 4.78 is 0. The smallest absolute Gasteiger partial charge is 0.230 e. The number of hydrogen-bond donors (Lipinski definition) is 0. The first kappa shape index (κ1) is 13.9. The van der Waals surface area contributed by atoms with E-state index in [0.717, 1.165) is 29.9 Å². The Morgan fingerprint density at radius 3 is 2.56 bits per heavy atom. The standard InChI is InChI=1S/C12H19ClN4S/c1-9(2)8-18-12-15-10(13)14-11(16-12)17-6-4-3-5-7-17/h9H,3-8H2,1-2H3. The number of anilines is 1. The zero-order valence-corrected chi connectivity index (χ0v) is 12.5. The lowest BCUT2D eigenvalue weighted by Crippen LogP contribution is -2.31. The number of halogens is 1. The van der Waals surface area contributed by atoms with Crippen LogP contribution in [0.1, 0.15) is 33.1 Å². The van der Waals surface area contributed by atoms with Crippen LogP contribution in [0.2, 0.25) is 5.28 Å². The van der Waals surface area contributed by atoms with Crippen molar-refractivity contribution in [2.45, 2.75) is 38.3 Å². The highest BCUT2D eigenvalue weighted by Crippen LogP contribution is 2.22. The van der Waals surface area contributed by atoms with Crippen molar-refractivity contribution in [1.29, 1.82) is 0 Å². The van der Waals surface area contributed by atoms with Crippen LogP contribution in [0.4, 0.5) is 5.95 Å². The van der Waals surface area contributed by atoms with Crippen molar-refractivity contribution in [3.8, 4) is 0 Å². The van der Waals surface area contributed by atoms with Gasteiger partial charge >= 0.3 is 0 Å². The minimum Gasteiger partial charge on any atom is -0.341 e. The topological polar surface area (TPSA) is 41.9 Å². The number of rotatable bonds is 4. The molecule has 1 saturated heterocycles. The van der Waals surface area contributed by atoms with Crippen LogP contribution in [0, 0.1) is 5.92 Å². The first-order chi connectivity index (χ1) is 8.65. The van der Waals surface area contributed by atoms with Crippen LogP contribution >= 0.6 is 23.4 Å². The molecule has 0 radical (unpaired) electrons. The molecule has 0 aliphatic carbocycles. The fourth-order valence-electron chi connectivity index (χ4n) is 1.86. The van der Waals surface area contributed by atoms with Gasteiger partial charge in [0.1, 0.15) is 0 Å². The molecule has 1 aromatic heterocycles. The molecule has 0 aromatic carbocycles. The average Bonchev–Trinajstić information content (AvgIpc) is 2.37. The van der Waals surface area contributed by atoms with E-state index in [-0.39, 0.29) is 0 Å². The maximum Gasteiger partial charge on any atom is 0.230 e. The van der Waals surface area contributed by atoms with Crippen molar-refractivity contribution in [1.82, 2.24) is 15.0 Å². The predicted molar refractivity (Wildman–Crippen MR) is 76.5 cm³/mol. The molecule has 0 bridgehead atoms. The summed E-state index contributed by atoms with van der Waals surface area (Å²) in [4.78, 5) is 15.1. The number of piperidine rings is 1. The lowest BCUT2D eigenvalue weighted by molar-refractivity contribution is 0.564. The van der Waals surface area contributed by atoms with Crippen LogP contribution in [0.25, 0.3) is 0 Å². The monoisotopic (exact) mass is 286 g/mol. The van der Waals surface area contributed by atoms with Gasteiger partial charge in [-0.1, -0.05) is 25.6 Å². The van der Waals surface area contributed by atoms with E-state index >= 15 is 0 Å². The zero-order valence-electron chi connectivity index (χ0n) is 10.9. The van der Waals surface area contributed by atoms with Crippen LogP contribution in [-0.2, 0) is 0 Å². The summed E-state index contributed by atoms with van der Waals surface area (Å²) in [7, 11) is 0. The van der Waals surface area contributed by atoms with E-state index in [4.69, 9.17) is 11.6 Å². The molecule has 0 unspecified atom stereocenters. The molecule has 6 heteroatoms. The number of nitrogens with zero attached hydrogens (tertiary/aromatic N) is 4. The van der Waals surface area contributed by atoms with Crippen molar-refractivity contribution in [3.05, 3.63) is 5.28 Å². The molecule has 0 spiro atoms. The van der Waals surface area contributed by atoms with Gasteiger partial charge in [-0.15, -0.1) is 0 Å². The minimum atomic E-state index is 0.303. The first-order valence-corrected chi connectivity index (χ1v) is 7.81. The molecular weight excluding hydrogens is 268 g/mol. The van der Waals surface area contributed by atoms with Gasteiger partial charge in [0.05, 0.1) is 0 Å². The van der Waals surface area contributed by atoms with Gasteiger partial charge in [-0.05, 0) is 36.8 Å². The molecule has 18 heavy (non-hydrogen) atoms. The van der Waals surface area contributed by atoms with E-state index in [2.05, 4.69) is 33.7 Å². The third kappa shape index (κ3) is 3.99. The summed E-state index contributed by atoms with van der Waals surface area (Å²) in [6.07, 6.45) is 3.71. The molecule has 0 N–H and O–H groups in total. The van der Waals surface area contributed by atoms with Crippen molar-refractivity contribution < 1.29 is 0 Å². The molecule has 2 rings (SSSR count). The van der Waals surface area contributed by atoms with E-state index in [1.807, 2.05) is 0 Å². The second-order valence-electron chi connectivity index (χ2n) is 4.94. The number of thioether (sulfide) groups is 1. The largest absolute Gasteiger partial charge is 0.341 e. The Labute approximate surface area is 118 Å². The fraction of sp³-hybridized carbons (Fsp3) is 0.750. The Kier molecular flexibility index (Phi) is 5.06. The van der Waals surface area contributed by atoms with Crippen molar-refractivity contribution >= 4 is 29.3 Å². The average molecular weight is 287 g/mol. The third-order valence-corrected chi connectivity index (χ3v) is 4.20. The second kappa shape index (κ2) is 6.57. The molecule has 1 aliphatic heterocycles. The Morgan fingerprint density at radius 2 is 1.89 bits per heavy atom.